The molecule has 14 heterocycles. The van der Waals surface area contributed by atoms with E-state index in [1.54, 1.807) is 128 Å². The summed E-state index contributed by atoms with van der Waals surface area (Å²) in [4.78, 5) is 170. The van der Waals surface area contributed by atoms with Gasteiger partial charge in [0, 0.05) is 38.7 Å². The molecule has 0 bridgehead atoms. The van der Waals surface area contributed by atoms with Crippen LogP contribution in [0.2, 0.25) is 0 Å². The fraction of sp³-hybridized carbons (Fsp3) is 0.0440. The normalized spacial score (nSPS) is 18.5. The van der Waals surface area contributed by atoms with E-state index < -0.39 is 56.6 Å². The van der Waals surface area contributed by atoms with Crippen molar-refractivity contribution in [2.45, 2.75) is 24.5 Å². The fourth-order valence-corrected chi connectivity index (χ4v) is 18.6. The van der Waals surface area contributed by atoms with E-state index >= 15 is 0 Å². The number of ether oxygens (including phenoxy) is 1. The SMILES string of the molecule is Cc1cc2ccc(C=C3SC(=O)NC3=O)cc2o1.O=C(O)Cc1cc2ccc(C=C3SC(=O)NC3=O)cc2o1.O=C1NC(=O)C(=Cc2ccc3c(c2)OC(F)C3Br)S1.O=C1NC(=O)C(=Cc2ccc3cc(F)oc3c2)S1.O=C1NC(=O)C(=Cc2ccc3nonc3c2)S1.O=C1NC(=O)C(=Cc2ccc3nsnc3c2)S1.O=C1NC(=O)C(=Cc2ccc3occ(C#Cc4ccccc4)c3c2)S1. The zero-order valence-corrected chi connectivity index (χ0v) is 76.1. The highest BCUT2D eigenvalue weighted by Gasteiger charge is 2.35. The van der Waals surface area contributed by atoms with Crippen LogP contribution in [0.15, 0.2) is 239 Å². The Labute approximate surface area is 797 Å². The third kappa shape index (κ3) is 23.7. The molecule has 0 spiro atoms. The van der Waals surface area contributed by atoms with E-state index in [4.69, 9.17) is 27.5 Å². The second-order valence-electron chi connectivity index (χ2n) is 28.3. The number of carbonyl (C=O) groups excluding carboxylic acids is 14. The van der Waals surface area contributed by atoms with Gasteiger partial charge in [-0.2, -0.15) is 13.1 Å². The predicted molar refractivity (Wildman–Crippen MR) is 510 cm³/mol. The molecule has 0 radical (unpaired) electrons. The number of nitrogens with zero attached hydrogens (tertiary/aromatic N) is 4. The van der Waals surface area contributed by atoms with E-state index in [0.29, 0.717) is 90.1 Å². The monoisotopic (exact) mass is 2020 g/mol. The van der Waals surface area contributed by atoms with E-state index in [1.165, 1.54) is 6.07 Å². The van der Waals surface area contributed by atoms with Gasteiger partial charge in [-0.05, 0) is 266 Å². The van der Waals surface area contributed by atoms with Gasteiger partial charge in [-0.25, -0.2) is 9.02 Å². The molecule has 672 valence electrons. The van der Waals surface area contributed by atoms with Crippen LogP contribution in [0.1, 0.15) is 72.0 Å². The molecule has 33 nitrogen and oxygen atoms in total. The number of hydrogen-bond acceptors (Lipinski definition) is 33. The summed E-state index contributed by atoms with van der Waals surface area (Å²) in [7, 11) is 0. The van der Waals surface area contributed by atoms with Crippen molar-refractivity contribution in [1.82, 2.24) is 56.3 Å². The molecule has 8 N–H and O–H groups in total. The summed E-state index contributed by atoms with van der Waals surface area (Å²) in [6, 6.07) is 51.3. The Morgan fingerprint density at radius 1 is 0.422 bits per heavy atom. The number of aryl methyl sites for hydroxylation is 1. The van der Waals surface area contributed by atoms with Gasteiger partial charge in [0.05, 0.1) is 51.6 Å². The lowest BCUT2D eigenvalue weighted by atomic mass is 10.1. The maximum atomic E-state index is 13.4. The number of thioether (sulfide) groups is 7. The van der Waals surface area contributed by atoms with Gasteiger partial charge in [0.15, 0.2) is 0 Å². The standard InChI is InChI=1S/C20H11NO3S.C14H9NO5S.C13H9NO3S.C12H7BrFNO3S.C12H6FNO3S.C10H5N3O3S.C10H5N3O2S2/c22-19-18(25-20(23)21-19)11-14-7-9-17-16(10-14)15(12-24-17)8-6-13-4-2-1-3-5-13;16-12(17)6-9-5-8-2-1-7(3-10(8)20-9)4-11-13(18)15-14(19)21-11;1-7-4-9-3-2-8(5-10(9)17-7)6-11-12(15)14-13(16)18-11;13-9-6-2-1-5(3-7(6)18-10(9)14)4-8-11(16)15-12(17)19-8;13-10-5-7-2-1-6(3-8(7)17-10)4-9-11(15)14-12(16)18-9;14-9-8(17-10(15)11-9)4-5-1-2-6-7(3-5)13-16-12-6;14-9-8(16-10(15)11-9)4-5-1-2-6-7(3-5)13-17-12-6/h1-5,7,9-12H,(H,21,22,23);1-5H,6H2,(H,16,17)(H,15,18,19);2-6H,1H3,(H,14,15,16);1-4,9-10H,(H,15,16,17);1-5H,(H,14,15,16);2*1-4H,(H,11,14,15). The quantitative estimate of drug-likeness (QED) is 0.0378. The van der Waals surface area contributed by atoms with Gasteiger partial charge in [-0.1, -0.05) is 113 Å². The largest absolute Gasteiger partial charge is 0.481 e. The van der Waals surface area contributed by atoms with Gasteiger partial charge in [-0.15, -0.1) is 0 Å². The number of alkyl halides is 2. The molecule has 14 amide bonds. The fourth-order valence-electron chi connectivity index (χ4n) is 12.8. The summed E-state index contributed by atoms with van der Waals surface area (Å²) in [5, 5.41) is 32.3. The van der Waals surface area contributed by atoms with Gasteiger partial charge in [-0.3, -0.25) is 109 Å². The number of imide groups is 7. The zero-order chi connectivity index (χ0) is 94.8. The molecule has 7 saturated heterocycles. The van der Waals surface area contributed by atoms with E-state index in [-0.39, 0.29) is 51.0 Å². The van der Waals surface area contributed by atoms with Crippen molar-refractivity contribution >= 4 is 302 Å². The predicted octanol–water partition coefficient (Wildman–Crippen LogP) is 19.2. The number of hydrogen-bond donors (Lipinski definition) is 8. The van der Waals surface area contributed by atoms with E-state index in [1.807, 2.05) is 97.9 Å². The average molecular weight is 2030 g/mol. The highest BCUT2D eigenvalue weighted by atomic mass is 79.9. The van der Waals surface area contributed by atoms with Gasteiger partial charge in [0.1, 0.15) is 79.2 Å². The van der Waals surface area contributed by atoms with Crippen molar-refractivity contribution in [3.05, 3.63) is 290 Å². The van der Waals surface area contributed by atoms with Crippen molar-refractivity contribution in [2.75, 3.05) is 0 Å². The lowest BCUT2D eigenvalue weighted by Crippen LogP contribution is -2.17. The molecule has 7 fully saturated rings. The molecule has 14 aromatic rings. The van der Waals surface area contributed by atoms with Crippen LogP contribution in [0.4, 0.5) is 42.3 Å². The van der Waals surface area contributed by atoms with Crippen LogP contribution in [0, 0.1) is 24.8 Å². The number of carbonyl (C=O) groups is 15. The lowest BCUT2D eigenvalue weighted by molar-refractivity contribution is -0.136. The molecule has 22 rings (SSSR count). The van der Waals surface area contributed by atoms with Crippen LogP contribution in [0.3, 0.4) is 0 Å². The first-order chi connectivity index (χ1) is 64.9. The molecule has 0 aliphatic carbocycles. The Morgan fingerprint density at radius 2 is 0.815 bits per heavy atom. The summed E-state index contributed by atoms with van der Waals surface area (Å²) in [5.74, 6) is 4.21. The second kappa shape index (κ2) is 41.4. The van der Waals surface area contributed by atoms with E-state index in [2.05, 4.69) is 88.7 Å². The third-order valence-corrected chi connectivity index (χ3v) is 25.9. The first-order valence-electron chi connectivity index (χ1n) is 38.7. The lowest BCUT2D eigenvalue weighted by Gasteiger charge is -2.01. The maximum Gasteiger partial charge on any atom is 0.311 e. The number of rotatable bonds is 9. The zero-order valence-electron chi connectivity index (χ0n) is 67.9. The number of aliphatic carboxylic acids is 1. The molecule has 44 heteroatoms. The number of nitrogens with one attached hydrogen (secondary N) is 7. The molecule has 135 heavy (non-hydrogen) atoms. The van der Waals surface area contributed by atoms with E-state index in [0.717, 1.165) is 177 Å². The molecular weight excluding hydrogens is 1970 g/mol. The maximum absolute atomic E-state index is 13.4. The molecule has 0 saturated carbocycles. The van der Waals surface area contributed by atoms with Crippen LogP contribution in [-0.2, 0) is 44.8 Å². The van der Waals surface area contributed by atoms with Gasteiger partial charge >= 0.3 is 5.97 Å². The number of halogens is 3. The number of benzene rings is 8. The first kappa shape index (κ1) is 93.2. The second-order valence-corrected chi connectivity index (χ2v) is 36.9. The van der Waals surface area contributed by atoms with Crippen molar-refractivity contribution in [3.8, 4) is 17.6 Å². The van der Waals surface area contributed by atoms with Crippen LogP contribution < -0.4 is 42.0 Å². The molecular formula is C91H52BrF2N11O22S8. The Balaban J connectivity index is 0.000000115. The number of fused-ring (bicyclic) bond motifs is 7. The van der Waals surface area contributed by atoms with Gasteiger partial charge < -0.3 is 27.5 Å². The third-order valence-electron chi connectivity index (χ3n) is 18.8. The number of carboxylic acids is 1. The number of carboxylic acid groups (broad SMARTS) is 1. The number of amides is 14. The summed E-state index contributed by atoms with van der Waals surface area (Å²) >= 11 is 10.5. The van der Waals surface area contributed by atoms with Crippen molar-refractivity contribution in [2.24, 2.45) is 0 Å². The minimum absolute atomic E-state index is 0.183. The van der Waals surface area contributed by atoms with Crippen LogP contribution in [0.5, 0.6) is 5.75 Å². The molecule has 8 aromatic carbocycles. The summed E-state index contributed by atoms with van der Waals surface area (Å²) in [6.45, 7) is 1.89. The first-order valence-corrected chi connectivity index (χ1v) is 46.1. The minimum atomic E-state index is -1.41. The number of furan rings is 4. The Bertz CT molecular complexity index is 7510. The minimum Gasteiger partial charge on any atom is -0.481 e. The molecule has 8 aliphatic heterocycles. The smallest absolute Gasteiger partial charge is 0.311 e. The van der Waals surface area contributed by atoms with Crippen molar-refractivity contribution in [3.63, 3.8) is 0 Å². The van der Waals surface area contributed by atoms with Gasteiger partial charge in [0.25, 0.3) is 90.4 Å². The van der Waals surface area contributed by atoms with Crippen LogP contribution in [0.25, 0.3) is 108 Å². The Morgan fingerprint density at radius 3 is 1.29 bits per heavy atom. The van der Waals surface area contributed by atoms with Crippen molar-refractivity contribution in [1.29, 1.82) is 0 Å². The van der Waals surface area contributed by atoms with Crippen LogP contribution in [-0.4, -0.2) is 115 Å². The summed E-state index contributed by atoms with van der Waals surface area (Å²) in [6.07, 6.45) is 11.4. The van der Waals surface area contributed by atoms with Gasteiger partial charge in [0.2, 0.25) is 0 Å². The molecule has 2 atom stereocenters. The van der Waals surface area contributed by atoms with Crippen molar-refractivity contribution < 1.29 is 113 Å². The summed E-state index contributed by atoms with van der Waals surface area (Å²) < 4.78 is 65.4. The Hall–Kier alpha value is -15.1. The molecule has 2 unspecified atom stereocenters. The highest BCUT2D eigenvalue weighted by molar-refractivity contribution is 9.09. The molecule has 6 aromatic heterocycles. The molecule has 8 aliphatic rings. The Kier molecular flexibility index (Phi) is 28.6. The highest BCUT2D eigenvalue weighted by Crippen LogP contribution is 2.44. The number of aromatic nitrogens is 4. The van der Waals surface area contributed by atoms with E-state index in [9.17, 15) is 80.7 Å². The summed E-state index contributed by atoms with van der Waals surface area (Å²) in [5.41, 5.74) is 13.0. The average Bonchev–Trinajstić information content (AvgIpc) is 1.68. The topological polar surface area (TPSA) is 487 Å². The van der Waals surface area contributed by atoms with Crippen LogP contribution >= 0.6 is 110 Å².